The average Bonchev–Trinajstić information content (AvgIpc) is 3.24. The summed E-state index contributed by atoms with van der Waals surface area (Å²) in [6.45, 7) is 1.41. The number of pyridine rings is 1. The second-order valence-corrected chi connectivity index (χ2v) is 8.53. The molecule has 8 heteroatoms. The topological polar surface area (TPSA) is 95.9 Å². The maximum atomic E-state index is 8.77. The fourth-order valence-corrected chi connectivity index (χ4v) is 4.48. The molecule has 150 valence electrons. The van der Waals surface area contributed by atoms with Gasteiger partial charge >= 0.3 is 0 Å². The number of hydrogen-bond acceptors (Lipinski definition) is 7. The summed E-state index contributed by atoms with van der Waals surface area (Å²) in [5, 5.41) is 19.0. The number of nitrogens with one attached hydrogen (secondary N) is 3. The Balaban J connectivity index is 1.45. The third-order valence-corrected chi connectivity index (χ3v) is 6.49. The number of nitrogens with zero attached hydrogens (tertiary/aromatic N) is 2. The third-order valence-electron chi connectivity index (χ3n) is 5.30. The van der Waals surface area contributed by atoms with Gasteiger partial charge in [-0.3, -0.25) is 10.1 Å². The first kappa shape index (κ1) is 18.3. The molecule has 2 fully saturated rings. The fraction of sp³-hybridized carbons (Fsp3) is 0.381. The van der Waals surface area contributed by atoms with Crippen LogP contribution < -0.4 is 10.1 Å². The lowest BCUT2D eigenvalue weighted by atomic mass is 9.93. The van der Waals surface area contributed by atoms with Crippen LogP contribution in [0.15, 0.2) is 42.7 Å². The van der Waals surface area contributed by atoms with Crippen LogP contribution in [-0.2, 0) is 4.74 Å². The number of rotatable bonds is 7. The number of ether oxygens (including phenoxy) is 2. The minimum atomic E-state index is 0.165. The highest BCUT2D eigenvalue weighted by Crippen LogP contribution is 2.38. The van der Waals surface area contributed by atoms with Crippen LogP contribution in [0.25, 0.3) is 20.7 Å². The van der Waals surface area contributed by atoms with Crippen LogP contribution >= 0.6 is 11.3 Å². The molecule has 0 aromatic carbocycles. The molecule has 0 radical (unpaired) electrons. The normalized spacial score (nSPS) is 18.1. The zero-order valence-corrected chi connectivity index (χ0v) is 16.8. The van der Waals surface area contributed by atoms with Crippen LogP contribution in [0.3, 0.4) is 0 Å². The van der Waals surface area contributed by atoms with Gasteiger partial charge in [-0.1, -0.05) is 0 Å². The van der Waals surface area contributed by atoms with E-state index in [2.05, 4.69) is 20.5 Å². The van der Waals surface area contributed by atoms with E-state index in [1.165, 1.54) is 12.8 Å². The zero-order valence-electron chi connectivity index (χ0n) is 16.0. The van der Waals surface area contributed by atoms with E-state index in [-0.39, 0.29) is 5.92 Å². The molecular formula is C21H23N5O2S. The van der Waals surface area contributed by atoms with Gasteiger partial charge in [-0.05, 0) is 31.7 Å². The number of aromatic amines is 1. The number of H-pyrrole nitrogens is 1. The first-order valence-electron chi connectivity index (χ1n) is 9.96. The molecule has 0 atom stereocenters. The summed E-state index contributed by atoms with van der Waals surface area (Å²) in [4.78, 5) is 5.58. The lowest BCUT2D eigenvalue weighted by molar-refractivity contribution is 0.0822. The smallest absolute Gasteiger partial charge is 0.164 e. The Labute approximate surface area is 172 Å². The molecule has 0 bridgehead atoms. The minimum Gasteiger partial charge on any atom is -0.452 e. The van der Waals surface area contributed by atoms with Crippen molar-refractivity contribution in [1.29, 1.82) is 5.41 Å². The van der Waals surface area contributed by atoms with Gasteiger partial charge in [0.15, 0.2) is 5.76 Å². The van der Waals surface area contributed by atoms with Gasteiger partial charge in [0.2, 0.25) is 0 Å². The molecule has 3 aromatic heterocycles. The van der Waals surface area contributed by atoms with Crippen LogP contribution in [0, 0.1) is 11.3 Å². The van der Waals surface area contributed by atoms with E-state index in [9.17, 15) is 0 Å². The molecule has 2 aliphatic rings. The maximum Gasteiger partial charge on any atom is 0.164 e. The van der Waals surface area contributed by atoms with Crippen molar-refractivity contribution >= 4 is 27.3 Å². The SMILES string of the molecule is N=C(/C(=C\NC1CC1)Oc1ccnc2cc(-c3cn[nH]c3)sc12)C1CCOCC1. The third kappa shape index (κ3) is 4.04. The van der Waals surface area contributed by atoms with E-state index in [1.807, 2.05) is 24.5 Å². The zero-order chi connectivity index (χ0) is 19.6. The van der Waals surface area contributed by atoms with E-state index < -0.39 is 0 Å². The molecule has 29 heavy (non-hydrogen) atoms. The summed E-state index contributed by atoms with van der Waals surface area (Å²) < 4.78 is 12.8. The van der Waals surface area contributed by atoms with Crippen molar-refractivity contribution in [3.63, 3.8) is 0 Å². The summed E-state index contributed by atoms with van der Waals surface area (Å²) in [6.07, 6.45) is 11.4. The molecule has 3 aromatic rings. The maximum absolute atomic E-state index is 8.77. The predicted octanol–water partition coefficient (Wildman–Crippen LogP) is 4.10. The molecular weight excluding hydrogens is 386 g/mol. The predicted molar refractivity (Wildman–Crippen MR) is 113 cm³/mol. The van der Waals surface area contributed by atoms with Crippen molar-refractivity contribution in [2.24, 2.45) is 5.92 Å². The molecule has 1 aliphatic heterocycles. The van der Waals surface area contributed by atoms with Crippen molar-refractivity contribution in [2.45, 2.75) is 31.7 Å². The van der Waals surface area contributed by atoms with Crippen LogP contribution in [0.5, 0.6) is 5.75 Å². The van der Waals surface area contributed by atoms with Gasteiger partial charge < -0.3 is 20.2 Å². The number of aromatic nitrogens is 3. The highest BCUT2D eigenvalue weighted by atomic mass is 32.1. The quantitative estimate of drug-likeness (QED) is 0.403. The molecule has 7 nitrogen and oxygen atoms in total. The van der Waals surface area contributed by atoms with Crippen LogP contribution in [0.1, 0.15) is 25.7 Å². The molecule has 5 rings (SSSR count). The second kappa shape index (κ2) is 7.96. The Bertz CT molecular complexity index is 1030. The first-order valence-corrected chi connectivity index (χ1v) is 10.8. The fourth-order valence-electron chi connectivity index (χ4n) is 3.43. The van der Waals surface area contributed by atoms with Crippen LogP contribution in [0.4, 0.5) is 0 Å². The summed E-state index contributed by atoms with van der Waals surface area (Å²) in [6, 6.07) is 4.43. The van der Waals surface area contributed by atoms with Crippen molar-refractivity contribution in [3.05, 3.63) is 42.7 Å². The number of allylic oxidation sites excluding steroid dienone is 1. The number of fused-ring (bicyclic) bond motifs is 1. The number of thiophene rings is 1. The molecule has 0 unspecified atom stereocenters. The Morgan fingerprint density at radius 3 is 2.93 bits per heavy atom. The lowest BCUT2D eigenvalue weighted by Gasteiger charge is -2.24. The van der Waals surface area contributed by atoms with Crippen molar-refractivity contribution in [3.8, 4) is 16.2 Å². The molecule has 3 N–H and O–H groups in total. The van der Waals surface area contributed by atoms with E-state index in [4.69, 9.17) is 14.9 Å². The van der Waals surface area contributed by atoms with Crippen LogP contribution in [0.2, 0.25) is 0 Å². The van der Waals surface area contributed by atoms with Crippen molar-refractivity contribution < 1.29 is 9.47 Å². The largest absolute Gasteiger partial charge is 0.452 e. The van der Waals surface area contributed by atoms with Gasteiger partial charge in [0.1, 0.15) is 5.75 Å². The van der Waals surface area contributed by atoms with Crippen LogP contribution in [-0.4, -0.2) is 40.1 Å². The monoisotopic (exact) mass is 409 g/mol. The Morgan fingerprint density at radius 2 is 2.17 bits per heavy atom. The summed E-state index contributed by atoms with van der Waals surface area (Å²) in [5.41, 5.74) is 2.45. The standard InChI is InChI=1S/C21H23N5O2S/c22-20(13-4-7-27-8-5-13)18(12-24-15-1-2-15)28-17-3-6-23-16-9-19(29-21(16)17)14-10-25-26-11-14/h3,6,9-13,15,22,24H,1-2,4-5,7-8H2,(H,25,26)/b18-12+,22-20?. The Kier molecular flexibility index (Phi) is 5.03. The van der Waals surface area contributed by atoms with Crippen molar-refractivity contribution in [2.75, 3.05) is 13.2 Å². The summed E-state index contributed by atoms with van der Waals surface area (Å²) in [7, 11) is 0. The van der Waals surface area contributed by atoms with E-state index >= 15 is 0 Å². The van der Waals surface area contributed by atoms with Gasteiger partial charge in [0.25, 0.3) is 0 Å². The van der Waals surface area contributed by atoms with E-state index in [0.717, 1.165) is 39.2 Å². The molecule has 1 saturated heterocycles. The van der Waals surface area contributed by atoms with Gasteiger partial charge in [0.05, 0.1) is 22.1 Å². The van der Waals surface area contributed by atoms with E-state index in [1.54, 1.807) is 23.7 Å². The molecule has 4 heterocycles. The highest BCUT2D eigenvalue weighted by Gasteiger charge is 2.25. The molecule has 1 aliphatic carbocycles. The molecule has 0 spiro atoms. The summed E-state index contributed by atoms with van der Waals surface area (Å²) >= 11 is 1.62. The highest BCUT2D eigenvalue weighted by molar-refractivity contribution is 7.22. The molecule has 0 amide bonds. The van der Waals surface area contributed by atoms with Gasteiger partial charge in [-0.15, -0.1) is 11.3 Å². The van der Waals surface area contributed by atoms with E-state index in [0.29, 0.717) is 30.7 Å². The Hall–Kier alpha value is -2.71. The Morgan fingerprint density at radius 1 is 1.31 bits per heavy atom. The second-order valence-electron chi connectivity index (χ2n) is 7.47. The van der Waals surface area contributed by atoms with Gasteiger partial charge in [-0.25, -0.2) is 0 Å². The average molecular weight is 410 g/mol. The first-order chi connectivity index (χ1) is 14.3. The number of hydrogen-bond donors (Lipinski definition) is 3. The van der Waals surface area contributed by atoms with Crippen molar-refractivity contribution in [1.82, 2.24) is 20.5 Å². The van der Waals surface area contributed by atoms with Gasteiger partial charge in [0, 0.05) is 60.3 Å². The lowest BCUT2D eigenvalue weighted by Crippen LogP contribution is -2.27. The molecule has 1 saturated carbocycles. The summed E-state index contributed by atoms with van der Waals surface area (Å²) in [5.74, 6) is 1.49. The van der Waals surface area contributed by atoms with Gasteiger partial charge in [-0.2, -0.15) is 5.10 Å². The minimum absolute atomic E-state index is 0.165.